The molecule has 0 bridgehead atoms. The minimum Gasteiger partial charge on any atom is -0.496 e. The summed E-state index contributed by atoms with van der Waals surface area (Å²) in [6.45, 7) is 5.88. The zero-order chi connectivity index (χ0) is 16.9. The lowest BCUT2D eigenvalue weighted by atomic mass is 9.98. The van der Waals surface area contributed by atoms with Gasteiger partial charge in [0.15, 0.2) is 0 Å². The molecular formula is C17H24ClNO3. The van der Waals surface area contributed by atoms with Crippen molar-refractivity contribution in [3.63, 3.8) is 0 Å². The first-order valence-electron chi connectivity index (χ1n) is 7.16. The van der Waals surface area contributed by atoms with Crippen LogP contribution in [0.25, 0.3) is 0 Å². The molecule has 0 atom stereocenters. The summed E-state index contributed by atoms with van der Waals surface area (Å²) < 4.78 is 10.1. The summed E-state index contributed by atoms with van der Waals surface area (Å²) in [5.74, 6) is 0.565. The Kier molecular flexibility index (Phi) is 6.75. The predicted molar refractivity (Wildman–Crippen MR) is 90.6 cm³/mol. The fourth-order valence-electron chi connectivity index (χ4n) is 2.28. The summed E-state index contributed by atoms with van der Waals surface area (Å²) in [5, 5.41) is 0.578. The molecular weight excluding hydrogens is 302 g/mol. The number of ether oxygens (including phenoxy) is 2. The van der Waals surface area contributed by atoms with Gasteiger partial charge in [-0.1, -0.05) is 23.3 Å². The Bertz CT molecular complexity index is 594. The van der Waals surface area contributed by atoms with Crippen molar-refractivity contribution in [3.8, 4) is 5.75 Å². The molecule has 0 aliphatic rings. The van der Waals surface area contributed by atoms with Crippen molar-refractivity contribution in [2.75, 3.05) is 20.0 Å². The van der Waals surface area contributed by atoms with Crippen LogP contribution in [0.15, 0.2) is 11.6 Å². The van der Waals surface area contributed by atoms with Crippen molar-refractivity contribution in [1.29, 1.82) is 0 Å². The van der Waals surface area contributed by atoms with E-state index in [1.165, 1.54) is 7.11 Å². The van der Waals surface area contributed by atoms with Crippen molar-refractivity contribution in [2.45, 2.75) is 40.0 Å². The molecule has 4 nitrogen and oxygen atoms in total. The Morgan fingerprint density at radius 2 is 1.86 bits per heavy atom. The molecule has 0 radical (unpaired) electrons. The van der Waals surface area contributed by atoms with Crippen LogP contribution in [0.4, 0.5) is 5.69 Å². The fourth-order valence-corrected chi connectivity index (χ4v) is 2.53. The monoisotopic (exact) mass is 325 g/mol. The molecule has 5 heteroatoms. The third-order valence-electron chi connectivity index (χ3n) is 3.88. The van der Waals surface area contributed by atoms with Crippen molar-refractivity contribution in [2.24, 2.45) is 0 Å². The van der Waals surface area contributed by atoms with Crippen LogP contribution in [0.2, 0.25) is 5.02 Å². The second kappa shape index (κ2) is 8.08. The number of halogens is 1. The van der Waals surface area contributed by atoms with Crippen molar-refractivity contribution < 1.29 is 14.3 Å². The topological polar surface area (TPSA) is 61.5 Å². The maximum Gasteiger partial charge on any atom is 0.305 e. The highest BCUT2D eigenvalue weighted by atomic mass is 35.5. The largest absolute Gasteiger partial charge is 0.496 e. The Labute approximate surface area is 137 Å². The van der Waals surface area contributed by atoms with Crippen LogP contribution in [0, 0.1) is 13.8 Å². The number of hydrogen-bond donors (Lipinski definition) is 1. The highest BCUT2D eigenvalue weighted by Crippen LogP contribution is 2.38. The van der Waals surface area contributed by atoms with E-state index in [1.54, 1.807) is 7.11 Å². The number of benzene rings is 1. The zero-order valence-electron chi connectivity index (χ0n) is 13.9. The van der Waals surface area contributed by atoms with E-state index in [2.05, 4.69) is 4.74 Å². The van der Waals surface area contributed by atoms with Crippen molar-refractivity contribution >= 4 is 23.3 Å². The first-order chi connectivity index (χ1) is 10.3. The van der Waals surface area contributed by atoms with Gasteiger partial charge in [-0.05, 0) is 44.7 Å². The third kappa shape index (κ3) is 4.17. The molecule has 0 fully saturated rings. The molecule has 0 saturated carbocycles. The molecule has 2 N–H and O–H groups in total. The van der Waals surface area contributed by atoms with Crippen molar-refractivity contribution in [3.05, 3.63) is 33.4 Å². The average molecular weight is 326 g/mol. The van der Waals surface area contributed by atoms with E-state index in [-0.39, 0.29) is 5.97 Å². The Hall–Kier alpha value is -1.68. The molecule has 0 amide bonds. The molecule has 0 aliphatic carbocycles. The second-order valence-corrected chi connectivity index (χ2v) is 5.70. The molecule has 0 saturated heterocycles. The number of nitrogens with two attached hydrogens (primary N) is 1. The number of rotatable bonds is 6. The first-order valence-corrected chi connectivity index (χ1v) is 7.54. The van der Waals surface area contributed by atoms with Gasteiger partial charge in [-0.25, -0.2) is 0 Å². The van der Waals surface area contributed by atoms with E-state index >= 15 is 0 Å². The van der Waals surface area contributed by atoms with Gasteiger partial charge in [0, 0.05) is 12.0 Å². The van der Waals surface area contributed by atoms with Crippen LogP contribution in [0.1, 0.15) is 36.5 Å². The smallest absolute Gasteiger partial charge is 0.305 e. The number of carbonyl (C=O) groups excluding carboxylic acids is 1. The van der Waals surface area contributed by atoms with Gasteiger partial charge in [0.2, 0.25) is 0 Å². The van der Waals surface area contributed by atoms with Gasteiger partial charge in [-0.3, -0.25) is 4.79 Å². The van der Waals surface area contributed by atoms with E-state index in [0.29, 0.717) is 30.0 Å². The van der Waals surface area contributed by atoms with E-state index < -0.39 is 0 Å². The maximum absolute atomic E-state index is 11.2. The van der Waals surface area contributed by atoms with E-state index in [0.717, 1.165) is 28.0 Å². The molecule has 0 spiro atoms. The van der Waals surface area contributed by atoms with Crippen LogP contribution in [0.5, 0.6) is 5.75 Å². The van der Waals surface area contributed by atoms with E-state index in [1.807, 2.05) is 26.8 Å². The SMILES string of the molecule is COC(=O)CC/C(C)=C/Cc1c(N)c(Cl)c(C)c(C)c1OC. The van der Waals surface area contributed by atoms with Crippen LogP contribution < -0.4 is 10.5 Å². The quantitative estimate of drug-likeness (QED) is 0.488. The average Bonchev–Trinajstić information content (AvgIpc) is 2.52. The van der Waals surface area contributed by atoms with Gasteiger partial charge in [-0.15, -0.1) is 0 Å². The number of anilines is 1. The summed E-state index contributed by atoms with van der Waals surface area (Å²) in [5.41, 5.74) is 10.6. The summed E-state index contributed by atoms with van der Waals surface area (Å²) in [7, 11) is 3.02. The highest BCUT2D eigenvalue weighted by Gasteiger charge is 2.16. The van der Waals surface area contributed by atoms with Gasteiger partial charge >= 0.3 is 5.97 Å². The molecule has 1 aromatic carbocycles. The molecule has 0 aromatic heterocycles. The first kappa shape index (κ1) is 18.4. The molecule has 1 aromatic rings. The standard InChI is InChI=1S/C17H24ClNO3/c1-10(7-9-14(20)21-4)6-8-13-16(19)15(18)11(2)12(3)17(13)22-5/h6H,7-9,19H2,1-5H3/b10-6+. The second-order valence-electron chi connectivity index (χ2n) is 5.32. The lowest BCUT2D eigenvalue weighted by molar-refractivity contribution is -0.140. The van der Waals surface area contributed by atoms with Crippen LogP contribution in [-0.2, 0) is 16.0 Å². The van der Waals surface area contributed by atoms with Crippen LogP contribution in [-0.4, -0.2) is 20.2 Å². The van der Waals surface area contributed by atoms with Crippen LogP contribution in [0.3, 0.4) is 0 Å². The highest BCUT2D eigenvalue weighted by molar-refractivity contribution is 6.34. The number of carbonyl (C=O) groups is 1. The molecule has 0 aliphatic heterocycles. The summed E-state index contributed by atoms with van der Waals surface area (Å²) in [6, 6.07) is 0. The minimum atomic E-state index is -0.209. The van der Waals surface area contributed by atoms with Gasteiger partial charge in [0.1, 0.15) is 5.75 Å². The lowest BCUT2D eigenvalue weighted by Crippen LogP contribution is -2.04. The molecule has 1 rings (SSSR count). The Balaban J connectivity index is 3.00. The van der Waals surface area contributed by atoms with Crippen molar-refractivity contribution in [1.82, 2.24) is 0 Å². The molecule has 22 heavy (non-hydrogen) atoms. The van der Waals surface area contributed by atoms with Gasteiger partial charge in [0.05, 0.1) is 24.9 Å². The third-order valence-corrected chi connectivity index (χ3v) is 4.36. The summed E-state index contributed by atoms with van der Waals surface area (Å²) in [6.07, 6.45) is 3.69. The van der Waals surface area contributed by atoms with E-state index in [4.69, 9.17) is 22.1 Å². The zero-order valence-corrected chi connectivity index (χ0v) is 14.6. The van der Waals surface area contributed by atoms with Crippen LogP contribution >= 0.6 is 11.6 Å². The van der Waals surface area contributed by atoms with E-state index in [9.17, 15) is 4.79 Å². The number of allylic oxidation sites excluding steroid dienone is 2. The molecule has 122 valence electrons. The fraction of sp³-hybridized carbons (Fsp3) is 0.471. The molecule has 0 heterocycles. The van der Waals surface area contributed by atoms with Gasteiger partial charge in [0.25, 0.3) is 0 Å². The normalized spacial score (nSPS) is 11.5. The number of nitrogen functional groups attached to an aromatic ring is 1. The number of hydrogen-bond acceptors (Lipinski definition) is 4. The minimum absolute atomic E-state index is 0.209. The summed E-state index contributed by atoms with van der Waals surface area (Å²) >= 11 is 6.29. The number of esters is 1. The summed E-state index contributed by atoms with van der Waals surface area (Å²) in [4.78, 5) is 11.2. The predicted octanol–water partition coefficient (Wildman–Crippen LogP) is 3.99. The van der Waals surface area contributed by atoms with Gasteiger partial charge in [-0.2, -0.15) is 0 Å². The Morgan fingerprint density at radius 1 is 1.23 bits per heavy atom. The Morgan fingerprint density at radius 3 is 2.41 bits per heavy atom. The maximum atomic E-state index is 11.2. The molecule has 0 unspecified atom stereocenters. The number of methoxy groups -OCH3 is 2. The van der Waals surface area contributed by atoms with Gasteiger partial charge < -0.3 is 15.2 Å². The lowest BCUT2D eigenvalue weighted by Gasteiger charge is -2.17.